The topological polar surface area (TPSA) is 55.4 Å². The zero-order valence-corrected chi connectivity index (χ0v) is 10.2. The van der Waals surface area contributed by atoms with Gasteiger partial charge in [0.15, 0.2) is 0 Å². The van der Waals surface area contributed by atoms with Crippen molar-refractivity contribution in [2.75, 3.05) is 5.75 Å². The van der Waals surface area contributed by atoms with E-state index in [0.29, 0.717) is 6.42 Å². The third-order valence-corrected chi connectivity index (χ3v) is 3.83. The van der Waals surface area contributed by atoms with Crippen LogP contribution in [0.2, 0.25) is 0 Å². The summed E-state index contributed by atoms with van der Waals surface area (Å²) in [6.07, 6.45) is 7.14. The van der Waals surface area contributed by atoms with Gasteiger partial charge in [-0.25, -0.2) is 0 Å². The molecule has 1 aliphatic rings. The molecule has 0 atom stereocenters. The highest BCUT2D eigenvalue weighted by Crippen LogP contribution is 2.17. The van der Waals surface area contributed by atoms with Gasteiger partial charge >= 0.3 is 0 Å². The Morgan fingerprint density at radius 3 is 2.53 bits per heavy atom. The first-order valence-corrected chi connectivity index (χ1v) is 7.38. The second-order valence-corrected chi connectivity index (χ2v) is 5.84. The zero-order valence-electron chi connectivity index (χ0n) is 9.37. The normalized spacial score (nSPS) is 19.3. The molecule has 0 bridgehead atoms. The molecule has 90 valence electrons. The molecule has 0 aromatic heterocycles. The molecule has 0 spiro atoms. The number of rotatable bonds is 6. The molecule has 0 unspecified atom stereocenters. The van der Waals surface area contributed by atoms with Crippen molar-refractivity contribution < 1.29 is 12.7 Å². The van der Waals surface area contributed by atoms with Crippen molar-refractivity contribution in [1.29, 1.82) is 0 Å². The SMILES string of the molecule is CCCCS(=O)(=O)ONC1CCCCC1. The Labute approximate surface area is 92.5 Å². The van der Waals surface area contributed by atoms with Crippen LogP contribution in [-0.4, -0.2) is 20.2 Å². The fourth-order valence-corrected chi connectivity index (χ4v) is 2.73. The van der Waals surface area contributed by atoms with Crippen LogP contribution in [0, 0.1) is 0 Å². The third-order valence-electron chi connectivity index (χ3n) is 2.69. The Hall–Kier alpha value is -0.130. The molecule has 0 radical (unpaired) electrons. The van der Waals surface area contributed by atoms with Gasteiger partial charge < -0.3 is 0 Å². The zero-order chi connectivity index (χ0) is 11.1. The van der Waals surface area contributed by atoms with Gasteiger partial charge in [0.2, 0.25) is 0 Å². The van der Waals surface area contributed by atoms with Gasteiger partial charge in [0, 0.05) is 6.04 Å². The van der Waals surface area contributed by atoms with Gasteiger partial charge in [-0.2, -0.15) is 18.2 Å². The first kappa shape index (κ1) is 12.9. The molecule has 4 nitrogen and oxygen atoms in total. The van der Waals surface area contributed by atoms with E-state index in [1.165, 1.54) is 6.42 Å². The summed E-state index contributed by atoms with van der Waals surface area (Å²) in [6.45, 7) is 1.96. The summed E-state index contributed by atoms with van der Waals surface area (Å²) in [4.78, 5) is 0. The maximum absolute atomic E-state index is 11.3. The summed E-state index contributed by atoms with van der Waals surface area (Å²) in [5.74, 6) is 0.114. The Morgan fingerprint density at radius 1 is 1.27 bits per heavy atom. The molecule has 1 rings (SSSR count). The Kier molecular flexibility index (Phi) is 5.56. The van der Waals surface area contributed by atoms with Crippen LogP contribution in [0.15, 0.2) is 0 Å². The molecular weight excluding hydrogens is 214 g/mol. The van der Waals surface area contributed by atoms with Gasteiger partial charge in [-0.3, -0.25) is 0 Å². The van der Waals surface area contributed by atoms with E-state index in [1.807, 2.05) is 6.92 Å². The number of unbranched alkanes of at least 4 members (excludes halogenated alkanes) is 1. The average molecular weight is 235 g/mol. The highest BCUT2D eigenvalue weighted by molar-refractivity contribution is 7.86. The van der Waals surface area contributed by atoms with Crippen LogP contribution < -0.4 is 5.48 Å². The van der Waals surface area contributed by atoms with Gasteiger partial charge in [-0.1, -0.05) is 32.6 Å². The van der Waals surface area contributed by atoms with Crippen molar-refractivity contribution in [3.63, 3.8) is 0 Å². The molecule has 1 fully saturated rings. The predicted octanol–water partition coefficient (Wildman–Crippen LogP) is 1.97. The molecule has 1 N–H and O–H groups in total. The molecule has 0 amide bonds. The van der Waals surface area contributed by atoms with E-state index in [4.69, 9.17) is 4.28 Å². The van der Waals surface area contributed by atoms with Crippen molar-refractivity contribution in [2.24, 2.45) is 0 Å². The lowest BCUT2D eigenvalue weighted by Crippen LogP contribution is -2.33. The molecule has 0 saturated heterocycles. The van der Waals surface area contributed by atoms with Crippen molar-refractivity contribution in [3.8, 4) is 0 Å². The Morgan fingerprint density at radius 2 is 1.93 bits per heavy atom. The molecule has 0 heterocycles. The van der Waals surface area contributed by atoms with Crippen molar-refractivity contribution in [1.82, 2.24) is 5.48 Å². The summed E-state index contributed by atoms with van der Waals surface area (Å²) in [5, 5.41) is 0. The first-order valence-electron chi connectivity index (χ1n) is 5.81. The van der Waals surface area contributed by atoms with E-state index in [2.05, 4.69) is 5.48 Å². The number of hydrogen-bond acceptors (Lipinski definition) is 4. The van der Waals surface area contributed by atoms with E-state index in [9.17, 15) is 8.42 Å². The number of nitrogens with one attached hydrogen (secondary N) is 1. The molecule has 1 aliphatic carbocycles. The molecular formula is C10H21NO3S. The van der Waals surface area contributed by atoms with Crippen molar-refractivity contribution in [3.05, 3.63) is 0 Å². The molecule has 0 aliphatic heterocycles. The molecule has 1 saturated carbocycles. The van der Waals surface area contributed by atoms with Gasteiger partial charge in [-0.15, -0.1) is 0 Å². The van der Waals surface area contributed by atoms with E-state index in [0.717, 1.165) is 32.1 Å². The molecule has 5 heteroatoms. The highest BCUT2D eigenvalue weighted by atomic mass is 32.2. The van der Waals surface area contributed by atoms with Crippen LogP contribution in [0.4, 0.5) is 0 Å². The van der Waals surface area contributed by atoms with Gasteiger partial charge in [0.05, 0.1) is 5.75 Å². The Balaban J connectivity index is 2.22. The summed E-state index contributed by atoms with van der Waals surface area (Å²) >= 11 is 0. The largest absolute Gasteiger partial charge is 0.283 e. The number of hydrogen-bond donors (Lipinski definition) is 1. The van der Waals surface area contributed by atoms with Crippen LogP contribution in [-0.2, 0) is 14.4 Å². The lowest BCUT2D eigenvalue weighted by molar-refractivity contribution is 0.140. The second-order valence-electron chi connectivity index (χ2n) is 4.15. The van der Waals surface area contributed by atoms with Gasteiger partial charge in [0.1, 0.15) is 0 Å². The fourth-order valence-electron chi connectivity index (χ4n) is 1.72. The van der Waals surface area contributed by atoms with E-state index >= 15 is 0 Å². The van der Waals surface area contributed by atoms with Crippen molar-refractivity contribution in [2.45, 2.75) is 57.9 Å². The average Bonchev–Trinajstić information content (AvgIpc) is 2.25. The number of hydroxylamine groups is 1. The smallest absolute Gasteiger partial charge is 0.198 e. The summed E-state index contributed by atoms with van der Waals surface area (Å²) in [7, 11) is -3.35. The molecule has 0 aromatic rings. The highest BCUT2D eigenvalue weighted by Gasteiger charge is 2.17. The molecule has 15 heavy (non-hydrogen) atoms. The standard InChI is InChI=1S/C10H21NO3S/c1-2-3-9-15(12,13)14-11-10-7-5-4-6-8-10/h10-11H,2-9H2,1H3. The van der Waals surface area contributed by atoms with E-state index in [-0.39, 0.29) is 11.8 Å². The second kappa shape index (κ2) is 6.45. The maximum atomic E-state index is 11.3. The monoisotopic (exact) mass is 235 g/mol. The third kappa shape index (κ3) is 5.49. The minimum atomic E-state index is -3.35. The maximum Gasteiger partial charge on any atom is 0.283 e. The lowest BCUT2D eigenvalue weighted by atomic mass is 9.96. The summed E-state index contributed by atoms with van der Waals surface area (Å²) < 4.78 is 27.5. The van der Waals surface area contributed by atoms with Crippen LogP contribution >= 0.6 is 0 Å². The van der Waals surface area contributed by atoms with E-state index < -0.39 is 10.1 Å². The quantitative estimate of drug-likeness (QED) is 0.715. The minimum Gasteiger partial charge on any atom is -0.198 e. The molecule has 0 aromatic carbocycles. The Bertz CT molecular complexity index is 258. The predicted molar refractivity (Wildman–Crippen MR) is 59.8 cm³/mol. The van der Waals surface area contributed by atoms with Crippen LogP contribution in [0.5, 0.6) is 0 Å². The van der Waals surface area contributed by atoms with Gasteiger partial charge in [-0.05, 0) is 19.3 Å². The van der Waals surface area contributed by atoms with Crippen LogP contribution in [0.1, 0.15) is 51.9 Å². The summed E-state index contributed by atoms with van der Waals surface area (Å²) in [5.41, 5.74) is 2.68. The van der Waals surface area contributed by atoms with Crippen LogP contribution in [0.25, 0.3) is 0 Å². The van der Waals surface area contributed by atoms with Gasteiger partial charge in [0.25, 0.3) is 10.1 Å². The van der Waals surface area contributed by atoms with Crippen molar-refractivity contribution >= 4 is 10.1 Å². The minimum absolute atomic E-state index is 0.114. The van der Waals surface area contributed by atoms with E-state index in [1.54, 1.807) is 0 Å². The van der Waals surface area contributed by atoms with Crippen LogP contribution in [0.3, 0.4) is 0 Å². The summed E-state index contributed by atoms with van der Waals surface area (Å²) in [6, 6.07) is 0.218. The fraction of sp³-hybridized carbons (Fsp3) is 1.00. The first-order chi connectivity index (χ1) is 7.14. The lowest BCUT2D eigenvalue weighted by Gasteiger charge is -2.21.